The summed E-state index contributed by atoms with van der Waals surface area (Å²) in [5, 5.41) is 7.55. The summed E-state index contributed by atoms with van der Waals surface area (Å²) in [6.45, 7) is 4.39. The van der Waals surface area contributed by atoms with Gasteiger partial charge in [0.25, 0.3) is 0 Å². The highest BCUT2D eigenvalue weighted by Crippen LogP contribution is 2.24. The van der Waals surface area contributed by atoms with E-state index in [-0.39, 0.29) is 0 Å². The first-order chi connectivity index (χ1) is 10.2. The van der Waals surface area contributed by atoms with Crippen molar-refractivity contribution < 1.29 is 4.74 Å². The van der Waals surface area contributed by atoms with E-state index in [0.29, 0.717) is 11.7 Å². The molecule has 2 aromatic rings. The van der Waals surface area contributed by atoms with Crippen LogP contribution < -0.4 is 15.8 Å². The zero-order valence-electron chi connectivity index (χ0n) is 12.8. The zero-order valence-corrected chi connectivity index (χ0v) is 12.8. The van der Waals surface area contributed by atoms with Crippen LogP contribution >= 0.6 is 0 Å². The number of anilines is 1. The molecule has 0 unspecified atom stereocenters. The van der Waals surface area contributed by atoms with Crippen LogP contribution in [0.4, 0.5) is 5.82 Å². The Morgan fingerprint density at radius 2 is 1.81 bits per heavy atom. The maximum atomic E-state index is 5.93. The van der Waals surface area contributed by atoms with Gasteiger partial charge in [0.15, 0.2) is 0 Å². The minimum atomic E-state index is 0.566. The number of nitrogens with two attached hydrogens (primary N) is 1. The van der Waals surface area contributed by atoms with Gasteiger partial charge < -0.3 is 15.8 Å². The number of nitrogens with zero attached hydrogens (tertiary/aromatic N) is 2. The molecule has 21 heavy (non-hydrogen) atoms. The van der Waals surface area contributed by atoms with E-state index < -0.39 is 0 Å². The number of benzene rings is 1. The Kier molecular flexibility index (Phi) is 5.63. The van der Waals surface area contributed by atoms with E-state index >= 15 is 0 Å². The number of para-hydroxylation sites is 1. The van der Waals surface area contributed by atoms with Crippen LogP contribution in [0.5, 0.6) is 5.88 Å². The van der Waals surface area contributed by atoms with Crippen LogP contribution in [-0.2, 0) is 0 Å². The summed E-state index contributed by atoms with van der Waals surface area (Å²) in [4.78, 5) is 0. The fraction of sp³-hybridized carbons (Fsp3) is 0.438. The molecule has 0 bridgehead atoms. The van der Waals surface area contributed by atoms with Crippen molar-refractivity contribution in [1.82, 2.24) is 15.1 Å². The van der Waals surface area contributed by atoms with E-state index in [4.69, 9.17) is 10.5 Å². The second kappa shape index (κ2) is 7.69. The van der Waals surface area contributed by atoms with Gasteiger partial charge in [-0.25, -0.2) is 4.68 Å². The third-order valence-electron chi connectivity index (χ3n) is 3.53. The lowest BCUT2D eigenvalue weighted by Crippen LogP contribution is -2.21. The lowest BCUT2D eigenvalue weighted by atomic mass is 10.2. The van der Waals surface area contributed by atoms with E-state index in [0.717, 1.165) is 11.3 Å². The zero-order chi connectivity index (χ0) is 15.1. The van der Waals surface area contributed by atoms with Crippen molar-refractivity contribution in [1.29, 1.82) is 0 Å². The molecule has 1 saturated heterocycles. The molecule has 3 N–H and O–H groups in total. The Labute approximate surface area is 126 Å². The summed E-state index contributed by atoms with van der Waals surface area (Å²) in [7, 11) is 1.59. The highest BCUT2D eigenvalue weighted by molar-refractivity contribution is 5.51. The molecule has 0 spiro atoms. The summed E-state index contributed by atoms with van der Waals surface area (Å²) < 4.78 is 6.79. The minimum Gasteiger partial charge on any atom is -0.480 e. The van der Waals surface area contributed by atoms with Gasteiger partial charge in [-0.3, -0.25) is 0 Å². The Morgan fingerprint density at radius 1 is 1.14 bits per heavy atom. The number of piperidine rings is 1. The SMILES string of the molecule is C1CCNCC1.COc1nn(-c2ccccc2)c(N)c1C. The quantitative estimate of drug-likeness (QED) is 0.891. The third-order valence-corrected chi connectivity index (χ3v) is 3.53. The van der Waals surface area contributed by atoms with Gasteiger partial charge >= 0.3 is 0 Å². The molecule has 0 atom stereocenters. The van der Waals surface area contributed by atoms with Crippen molar-refractivity contribution in [2.75, 3.05) is 25.9 Å². The number of aromatic nitrogens is 2. The van der Waals surface area contributed by atoms with E-state index in [1.165, 1.54) is 32.4 Å². The second-order valence-electron chi connectivity index (χ2n) is 5.08. The van der Waals surface area contributed by atoms with E-state index in [9.17, 15) is 0 Å². The fourth-order valence-corrected chi connectivity index (χ4v) is 2.25. The molecule has 0 radical (unpaired) electrons. The summed E-state index contributed by atoms with van der Waals surface area (Å²) in [5.74, 6) is 1.18. The summed E-state index contributed by atoms with van der Waals surface area (Å²) in [6.07, 6.45) is 4.22. The number of nitrogen functional groups attached to an aromatic ring is 1. The smallest absolute Gasteiger partial charge is 0.238 e. The normalized spacial score (nSPS) is 14.2. The molecule has 2 heterocycles. The molecular formula is C16H24N4O. The van der Waals surface area contributed by atoms with Gasteiger partial charge in [0.1, 0.15) is 5.82 Å². The van der Waals surface area contributed by atoms with Crippen LogP contribution in [0.25, 0.3) is 5.69 Å². The Morgan fingerprint density at radius 3 is 2.24 bits per heavy atom. The van der Waals surface area contributed by atoms with E-state index in [2.05, 4.69) is 10.4 Å². The Balaban J connectivity index is 0.000000225. The van der Waals surface area contributed by atoms with Gasteiger partial charge in [-0.05, 0) is 45.0 Å². The minimum absolute atomic E-state index is 0.566. The highest BCUT2D eigenvalue weighted by Gasteiger charge is 2.12. The fourth-order valence-electron chi connectivity index (χ4n) is 2.25. The standard InChI is InChI=1S/C11H13N3O.C5H11N/c1-8-10(12)14(13-11(8)15-2)9-6-4-3-5-7-9;1-2-4-6-5-3-1/h3-7H,12H2,1-2H3;6H,1-5H2. The van der Waals surface area contributed by atoms with Gasteiger partial charge in [0, 0.05) is 0 Å². The highest BCUT2D eigenvalue weighted by atomic mass is 16.5. The molecule has 0 saturated carbocycles. The first-order valence-corrected chi connectivity index (χ1v) is 7.39. The van der Waals surface area contributed by atoms with Crippen LogP contribution in [-0.4, -0.2) is 30.0 Å². The number of nitrogens with one attached hydrogen (secondary N) is 1. The van der Waals surface area contributed by atoms with Crippen molar-refractivity contribution in [2.24, 2.45) is 0 Å². The maximum Gasteiger partial charge on any atom is 0.238 e. The molecule has 3 rings (SSSR count). The lowest BCUT2D eigenvalue weighted by molar-refractivity contribution is 0.391. The number of rotatable bonds is 2. The number of hydrogen-bond acceptors (Lipinski definition) is 4. The molecule has 1 aliphatic heterocycles. The largest absolute Gasteiger partial charge is 0.480 e. The summed E-state index contributed by atoms with van der Waals surface area (Å²) in [5.41, 5.74) is 7.73. The van der Waals surface area contributed by atoms with Crippen molar-refractivity contribution in [2.45, 2.75) is 26.2 Å². The van der Waals surface area contributed by atoms with E-state index in [1.54, 1.807) is 11.8 Å². The molecule has 1 aromatic carbocycles. The van der Waals surface area contributed by atoms with Gasteiger partial charge in [0.2, 0.25) is 5.88 Å². The molecule has 1 fully saturated rings. The first kappa shape index (κ1) is 15.4. The first-order valence-electron chi connectivity index (χ1n) is 7.39. The van der Waals surface area contributed by atoms with Gasteiger partial charge in [-0.1, -0.05) is 24.6 Å². The average Bonchev–Trinajstić information content (AvgIpc) is 2.86. The number of ether oxygens (including phenoxy) is 1. The van der Waals surface area contributed by atoms with Gasteiger partial charge in [-0.2, -0.15) is 0 Å². The van der Waals surface area contributed by atoms with Gasteiger partial charge in [-0.15, -0.1) is 5.10 Å². The Bertz CT molecular complexity index is 535. The van der Waals surface area contributed by atoms with Crippen LogP contribution in [0, 0.1) is 6.92 Å². The lowest BCUT2D eigenvalue weighted by Gasteiger charge is -2.08. The molecule has 5 heteroatoms. The molecular weight excluding hydrogens is 264 g/mol. The molecule has 1 aromatic heterocycles. The summed E-state index contributed by atoms with van der Waals surface area (Å²) in [6, 6.07) is 9.73. The van der Waals surface area contributed by atoms with Crippen molar-refractivity contribution in [3.8, 4) is 11.6 Å². The van der Waals surface area contributed by atoms with Crippen LogP contribution in [0.15, 0.2) is 30.3 Å². The molecule has 1 aliphatic rings. The van der Waals surface area contributed by atoms with Crippen LogP contribution in [0.1, 0.15) is 24.8 Å². The average molecular weight is 288 g/mol. The molecule has 0 amide bonds. The number of hydrogen-bond donors (Lipinski definition) is 2. The predicted molar refractivity (Wildman–Crippen MR) is 86.0 cm³/mol. The Hall–Kier alpha value is -2.01. The molecule has 5 nitrogen and oxygen atoms in total. The maximum absolute atomic E-state index is 5.93. The van der Waals surface area contributed by atoms with Crippen molar-refractivity contribution in [3.05, 3.63) is 35.9 Å². The predicted octanol–water partition coefficient (Wildman–Crippen LogP) is 2.53. The number of methoxy groups -OCH3 is 1. The van der Waals surface area contributed by atoms with Crippen molar-refractivity contribution in [3.63, 3.8) is 0 Å². The van der Waals surface area contributed by atoms with E-state index in [1.807, 2.05) is 37.3 Å². The monoisotopic (exact) mass is 288 g/mol. The topological polar surface area (TPSA) is 65.1 Å². The molecule has 0 aliphatic carbocycles. The third kappa shape index (κ3) is 3.98. The van der Waals surface area contributed by atoms with Crippen LogP contribution in [0.3, 0.4) is 0 Å². The second-order valence-corrected chi connectivity index (χ2v) is 5.08. The van der Waals surface area contributed by atoms with Gasteiger partial charge in [0.05, 0.1) is 18.4 Å². The van der Waals surface area contributed by atoms with Crippen molar-refractivity contribution >= 4 is 5.82 Å². The molecule has 114 valence electrons. The van der Waals surface area contributed by atoms with Crippen LogP contribution in [0.2, 0.25) is 0 Å². The summed E-state index contributed by atoms with van der Waals surface area (Å²) >= 11 is 0.